The monoisotopic (exact) mass is 374 g/mol. The summed E-state index contributed by atoms with van der Waals surface area (Å²) in [5, 5.41) is 4.63. The highest BCUT2D eigenvalue weighted by Crippen LogP contribution is 2.14. The van der Waals surface area contributed by atoms with E-state index in [1.54, 1.807) is 39.0 Å². The summed E-state index contributed by atoms with van der Waals surface area (Å²) < 4.78 is 15.7. The van der Waals surface area contributed by atoms with Gasteiger partial charge in [-0.15, -0.1) is 0 Å². The normalized spacial score (nSPS) is 10.8. The van der Waals surface area contributed by atoms with Gasteiger partial charge in [0.15, 0.2) is 6.61 Å². The number of furan rings is 1. The lowest BCUT2D eigenvalue weighted by atomic mass is 10.1. The highest BCUT2D eigenvalue weighted by Gasteiger charge is 2.18. The minimum absolute atomic E-state index is 0.0615. The lowest BCUT2D eigenvalue weighted by Crippen LogP contribution is -2.49. The molecule has 0 unspecified atom stereocenters. The Morgan fingerprint density at radius 3 is 2.41 bits per heavy atom. The molecule has 1 aromatic carbocycles. The maximum absolute atomic E-state index is 11.9. The number of para-hydroxylation sites is 1. The summed E-state index contributed by atoms with van der Waals surface area (Å²) in [6.45, 7) is 4.85. The van der Waals surface area contributed by atoms with Crippen molar-refractivity contribution in [3.8, 4) is 5.75 Å². The van der Waals surface area contributed by atoms with Crippen molar-refractivity contribution < 1.29 is 28.3 Å². The molecule has 2 aromatic rings. The van der Waals surface area contributed by atoms with Crippen molar-refractivity contribution in [2.45, 2.75) is 32.9 Å². The maximum Gasteiger partial charge on any atom is 0.374 e. The lowest BCUT2D eigenvalue weighted by Gasteiger charge is -2.20. The van der Waals surface area contributed by atoms with Crippen molar-refractivity contribution in [3.63, 3.8) is 0 Å². The van der Waals surface area contributed by atoms with Crippen LogP contribution in [-0.2, 0) is 16.1 Å². The second-order valence-corrected chi connectivity index (χ2v) is 6.70. The molecule has 2 rings (SSSR count). The molecule has 0 aliphatic heterocycles. The predicted octanol–water partition coefficient (Wildman–Crippen LogP) is 2.64. The van der Waals surface area contributed by atoms with Gasteiger partial charge in [-0.25, -0.2) is 9.59 Å². The summed E-state index contributed by atoms with van der Waals surface area (Å²) >= 11 is 0. The molecule has 0 radical (unpaired) electrons. The van der Waals surface area contributed by atoms with Crippen molar-refractivity contribution >= 4 is 17.9 Å². The molecule has 1 heterocycles. The SMILES string of the molecule is CC(C)(C)NC(=O)NC(=O)COC(=O)c1ccc(COc2ccccc2)o1. The zero-order chi connectivity index (χ0) is 19.9. The van der Waals surface area contributed by atoms with E-state index >= 15 is 0 Å². The Hall–Kier alpha value is -3.29. The van der Waals surface area contributed by atoms with Crippen LogP contribution in [0.4, 0.5) is 4.79 Å². The highest BCUT2D eigenvalue weighted by molar-refractivity contribution is 5.96. The molecule has 3 amide bonds. The Balaban J connectivity index is 1.77. The van der Waals surface area contributed by atoms with E-state index in [9.17, 15) is 14.4 Å². The molecule has 0 aliphatic carbocycles. The molecule has 0 bridgehead atoms. The molecule has 0 atom stereocenters. The number of urea groups is 1. The molecule has 27 heavy (non-hydrogen) atoms. The van der Waals surface area contributed by atoms with Crippen molar-refractivity contribution in [2.24, 2.45) is 0 Å². The van der Waals surface area contributed by atoms with Crippen LogP contribution in [0.2, 0.25) is 0 Å². The van der Waals surface area contributed by atoms with Gasteiger partial charge in [0.2, 0.25) is 5.76 Å². The van der Waals surface area contributed by atoms with Crippen LogP contribution in [0.5, 0.6) is 5.75 Å². The van der Waals surface area contributed by atoms with Gasteiger partial charge >= 0.3 is 12.0 Å². The van der Waals surface area contributed by atoms with E-state index in [4.69, 9.17) is 13.9 Å². The fourth-order valence-electron chi connectivity index (χ4n) is 1.97. The van der Waals surface area contributed by atoms with Gasteiger partial charge < -0.3 is 19.2 Å². The number of amides is 3. The van der Waals surface area contributed by atoms with Gasteiger partial charge in [-0.3, -0.25) is 10.1 Å². The van der Waals surface area contributed by atoms with E-state index in [-0.39, 0.29) is 12.4 Å². The first-order valence-corrected chi connectivity index (χ1v) is 8.28. The molecule has 0 fully saturated rings. The van der Waals surface area contributed by atoms with Crippen LogP contribution >= 0.6 is 0 Å². The summed E-state index contributed by atoms with van der Waals surface area (Å²) in [6.07, 6.45) is 0. The molecule has 1 aromatic heterocycles. The van der Waals surface area contributed by atoms with Gasteiger partial charge in [0.25, 0.3) is 5.91 Å². The fraction of sp³-hybridized carbons (Fsp3) is 0.316. The topological polar surface area (TPSA) is 107 Å². The second kappa shape index (κ2) is 8.88. The average molecular weight is 374 g/mol. The van der Waals surface area contributed by atoms with Crippen LogP contribution in [0.15, 0.2) is 46.9 Å². The Morgan fingerprint density at radius 2 is 1.74 bits per heavy atom. The van der Waals surface area contributed by atoms with E-state index in [0.29, 0.717) is 11.5 Å². The largest absolute Gasteiger partial charge is 0.486 e. The summed E-state index contributed by atoms with van der Waals surface area (Å²) in [5.74, 6) is -0.520. The number of carbonyl (C=O) groups excluding carboxylic acids is 3. The Bertz CT molecular complexity index is 792. The number of nitrogens with one attached hydrogen (secondary N) is 2. The van der Waals surface area contributed by atoms with Crippen LogP contribution < -0.4 is 15.4 Å². The van der Waals surface area contributed by atoms with Crippen molar-refractivity contribution in [2.75, 3.05) is 6.61 Å². The molecule has 144 valence electrons. The van der Waals surface area contributed by atoms with Crippen LogP contribution in [0, 0.1) is 0 Å². The van der Waals surface area contributed by atoms with Crippen LogP contribution in [0.25, 0.3) is 0 Å². The number of esters is 1. The molecule has 0 spiro atoms. The summed E-state index contributed by atoms with van der Waals surface area (Å²) in [5.41, 5.74) is -0.493. The van der Waals surface area contributed by atoms with E-state index in [0.717, 1.165) is 0 Å². The number of hydrogen-bond donors (Lipinski definition) is 2. The summed E-state index contributed by atoms with van der Waals surface area (Å²) in [4.78, 5) is 35.1. The summed E-state index contributed by atoms with van der Waals surface area (Å²) in [7, 11) is 0. The van der Waals surface area contributed by atoms with Gasteiger partial charge in [-0.2, -0.15) is 0 Å². The Kier molecular flexibility index (Phi) is 6.59. The van der Waals surface area contributed by atoms with Gasteiger partial charge in [0.1, 0.15) is 18.1 Å². The summed E-state index contributed by atoms with van der Waals surface area (Å²) in [6, 6.07) is 11.5. The molecule has 2 N–H and O–H groups in total. The quantitative estimate of drug-likeness (QED) is 0.753. The molecule has 8 nitrogen and oxygen atoms in total. The van der Waals surface area contributed by atoms with Crippen LogP contribution in [-0.4, -0.2) is 30.1 Å². The third-order valence-corrected chi connectivity index (χ3v) is 3.06. The Morgan fingerprint density at radius 1 is 1.04 bits per heavy atom. The van der Waals surface area contributed by atoms with Crippen molar-refractivity contribution in [3.05, 3.63) is 54.0 Å². The van der Waals surface area contributed by atoms with Gasteiger partial charge in [0, 0.05) is 5.54 Å². The average Bonchev–Trinajstić information content (AvgIpc) is 3.06. The fourth-order valence-corrected chi connectivity index (χ4v) is 1.97. The number of benzene rings is 1. The highest BCUT2D eigenvalue weighted by atomic mass is 16.6. The van der Waals surface area contributed by atoms with E-state index < -0.39 is 30.1 Å². The van der Waals surface area contributed by atoms with Gasteiger partial charge in [-0.1, -0.05) is 18.2 Å². The molecular formula is C19H22N2O6. The number of ether oxygens (including phenoxy) is 2. The molecule has 0 saturated carbocycles. The van der Waals surface area contributed by atoms with E-state index in [2.05, 4.69) is 10.6 Å². The Labute approximate surface area is 156 Å². The van der Waals surface area contributed by atoms with Crippen LogP contribution in [0.3, 0.4) is 0 Å². The van der Waals surface area contributed by atoms with Crippen LogP contribution in [0.1, 0.15) is 37.1 Å². The van der Waals surface area contributed by atoms with Gasteiger partial charge in [0.05, 0.1) is 0 Å². The third kappa shape index (κ3) is 7.23. The number of carbonyl (C=O) groups is 3. The first-order chi connectivity index (χ1) is 12.7. The zero-order valence-electron chi connectivity index (χ0n) is 15.4. The standard InChI is InChI=1S/C19H22N2O6/c1-19(2,3)21-18(24)20-16(22)12-26-17(23)15-10-9-14(27-15)11-25-13-7-5-4-6-8-13/h4-10H,11-12H2,1-3H3,(H2,20,21,22,24). The zero-order valence-corrected chi connectivity index (χ0v) is 15.4. The van der Waals surface area contributed by atoms with E-state index in [1.165, 1.54) is 6.07 Å². The van der Waals surface area contributed by atoms with Crippen molar-refractivity contribution in [1.82, 2.24) is 10.6 Å². The smallest absolute Gasteiger partial charge is 0.374 e. The third-order valence-electron chi connectivity index (χ3n) is 3.06. The number of imide groups is 1. The minimum Gasteiger partial charge on any atom is -0.486 e. The molecule has 8 heteroatoms. The van der Waals surface area contributed by atoms with E-state index in [1.807, 2.05) is 18.2 Å². The minimum atomic E-state index is -0.813. The van der Waals surface area contributed by atoms with Gasteiger partial charge in [-0.05, 0) is 45.0 Å². The maximum atomic E-state index is 11.9. The first kappa shape index (κ1) is 20.0. The second-order valence-electron chi connectivity index (χ2n) is 6.70. The number of hydrogen-bond acceptors (Lipinski definition) is 6. The lowest BCUT2D eigenvalue weighted by molar-refractivity contribution is -0.123. The number of rotatable bonds is 6. The van der Waals surface area contributed by atoms with Crippen molar-refractivity contribution in [1.29, 1.82) is 0 Å². The molecule has 0 aliphatic rings. The first-order valence-electron chi connectivity index (χ1n) is 8.28. The molecule has 0 saturated heterocycles. The molecular weight excluding hydrogens is 352 g/mol. The predicted molar refractivity (Wildman–Crippen MR) is 96.2 cm³/mol.